The van der Waals surface area contributed by atoms with Crippen LogP contribution in [0.2, 0.25) is 5.02 Å². The molecule has 1 saturated heterocycles. The lowest BCUT2D eigenvalue weighted by Crippen LogP contribution is -2.51. The molecular formula is C19H18ClFN2O2. The van der Waals surface area contributed by atoms with Gasteiger partial charge in [0.25, 0.3) is 5.91 Å². The number of carbonyl (C=O) groups excluding carboxylic acids is 2. The van der Waals surface area contributed by atoms with Crippen molar-refractivity contribution in [3.8, 4) is 0 Å². The minimum absolute atomic E-state index is 0.0517. The summed E-state index contributed by atoms with van der Waals surface area (Å²) in [7, 11) is 0. The topological polar surface area (TPSA) is 40.6 Å². The van der Waals surface area contributed by atoms with Crippen LogP contribution in [0.4, 0.5) is 4.39 Å². The maximum absolute atomic E-state index is 13.2. The van der Waals surface area contributed by atoms with Gasteiger partial charge in [0.1, 0.15) is 5.82 Å². The Balaban J connectivity index is 1.55. The van der Waals surface area contributed by atoms with Crippen LogP contribution < -0.4 is 0 Å². The first-order valence-corrected chi connectivity index (χ1v) is 8.48. The fourth-order valence-electron chi connectivity index (χ4n) is 2.87. The molecule has 2 aromatic carbocycles. The first-order chi connectivity index (χ1) is 12.0. The van der Waals surface area contributed by atoms with Gasteiger partial charge in [-0.15, -0.1) is 0 Å². The lowest BCUT2D eigenvalue weighted by Gasteiger charge is -2.35. The van der Waals surface area contributed by atoms with Crippen LogP contribution in [0.3, 0.4) is 0 Å². The van der Waals surface area contributed by atoms with E-state index >= 15 is 0 Å². The van der Waals surface area contributed by atoms with Crippen LogP contribution in [0, 0.1) is 5.82 Å². The summed E-state index contributed by atoms with van der Waals surface area (Å²) in [6.45, 7) is 1.92. The highest BCUT2D eigenvalue weighted by Crippen LogP contribution is 2.14. The Labute approximate surface area is 150 Å². The molecule has 130 valence electrons. The number of nitrogens with zero attached hydrogens (tertiary/aromatic N) is 2. The summed E-state index contributed by atoms with van der Waals surface area (Å²) in [5.41, 5.74) is 1.24. The van der Waals surface area contributed by atoms with Crippen LogP contribution in [-0.4, -0.2) is 47.8 Å². The van der Waals surface area contributed by atoms with Gasteiger partial charge in [-0.1, -0.05) is 23.7 Å². The normalized spacial score (nSPS) is 14.5. The van der Waals surface area contributed by atoms with Crippen LogP contribution in [0.25, 0.3) is 0 Å². The van der Waals surface area contributed by atoms with Gasteiger partial charge in [-0.25, -0.2) is 4.39 Å². The van der Waals surface area contributed by atoms with Gasteiger partial charge in [0.2, 0.25) is 5.91 Å². The van der Waals surface area contributed by atoms with Gasteiger partial charge in [0, 0.05) is 36.8 Å². The highest BCUT2D eigenvalue weighted by molar-refractivity contribution is 6.30. The summed E-state index contributed by atoms with van der Waals surface area (Å²) in [5.74, 6) is -0.457. The molecule has 25 heavy (non-hydrogen) atoms. The van der Waals surface area contributed by atoms with Gasteiger partial charge in [-0.2, -0.15) is 0 Å². The number of hydrogen-bond donors (Lipinski definition) is 0. The highest BCUT2D eigenvalue weighted by Gasteiger charge is 2.24. The minimum atomic E-state index is -0.344. The van der Waals surface area contributed by atoms with Crippen molar-refractivity contribution in [3.63, 3.8) is 0 Å². The Hall–Kier alpha value is -2.40. The Morgan fingerprint density at radius 3 is 2.24 bits per heavy atom. The summed E-state index contributed by atoms with van der Waals surface area (Å²) >= 11 is 5.84. The third-order valence-electron chi connectivity index (χ3n) is 4.26. The third kappa shape index (κ3) is 4.37. The highest BCUT2D eigenvalue weighted by atomic mass is 35.5. The van der Waals surface area contributed by atoms with E-state index in [9.17, 15) is 14.0 Å². The number of piperazine rings is 1. The molecule has 3 rings (SSSR count). The maximum Gasteiger partial charge on any atom is 0.253 e. The molecule has 6 heteroatoms. The second kappa shape index (κ2) is 7.66. The van der Waals surface area contributed by atoms with Crippen molar-refractivity contribution >= 4 is 23.4 Å². The Morgan fingerprint density at radius 2 is 1.60 bits per heavy atom. The van der Waals surface area contributed by atoms with Crippen molar-refractivity contribution in [2.45, 2.75) is 6.42 Å². The molecule has 0 aromatic heterocycles. The zero-order valence-electron chi connectivity index (χ0n) is 13.6. The number of halogens is 2. The third-order valence-corrected chi connectivity index (χ3v) is 4.51. The zero-order valence-corrected chi connectivity index (χ0v) is 14.4. The van der Waals surface area contributed by atoms with E-state index in [4.69, 9.17) is 11.6 Å². The Kier molecular flexibility index (Phi) is 5.34. The molecule has 4 nitrogen and oxygen atoms in total. The summed E-state index contributed by atoms with van der Waals surface area (Å²) < 4.78 is 13.2. The predicted octanol–water partition coefficient (Wildman–Crippen LogP) is 3.01. The summed E-state index contributed by atoms with van der Waals surface area (Å²) in [5, 5.41) is 0.587. The fourth-order valence-corrected chi connectivity index (χ4v) is 2.99. The van der Waals surface area contributed by atoms with Crippen LogP contribution >= 0.6 is 11.6 Å². The van der Waals surface area contributed by atoms with Crippen molar-refractivity contribution in [1.29, 1.82) is 0 Å². The lowest BCUT2D eigenvalue weighted by atomic mass is 10.1. The first-order valence-electron chi connectivity index (χ1n) is 8.10. The molecule has 1 aliphatic heterocycles. The molecule has 0 aliphatic carbocycles. The average Bonchev–Trinajstić information content (AvgIpc) is 2.62. The molecule has 0 radical (unpaired) electrons. The maximum atomic E-state index is 13.2. The summed E-state index contributed by atoms with van der Waals surface area (Å²) in [6, 6.07) is 12.8. The van der Waals surface area contributed by atoms with Gasteiger partial charge in [0.05, 0.1) is 6.42 Å². The summed E-state index contributed by atoms with van der Waals surface area (Å²) in [6.07, 6.45) is 0.170. The van der Waals surface area contributed by atoms with E-state index in [0.29, 0.717) is 42.3 Å². The van der Waals surface area contributed by atoms with Crippen LogP contribution in [-0.2, 0) is 11.2 Å². The number of carbonyl (C=O) groups is 2. The van der Waals surface area contributed by atoms with E-state index in [2.05, 4.69) is 0 Å². The van der Waals surface area contributed by atoms with Crippen molar-refractivity contribution in [1.82, 2.24) is 9.80 Å². The molecule has 0 bridgehead atoms. The SMILES string of the molecule is O=C(Cc1cccc(F)c1)N1CCN(C(=O)c2ccc(Cl)cc2)CC1. The molecule has 0 atom stereocenters. The van der Waals surface area contributed by atoms with E-state index < -0.39 is 0 Å². The van der Waals surface area contributed by atoms with Crippen molar-refractivity contribution in [2.24, 2.45) is 0 Å². The number of rotatable bonds is 3. The van der Waals surface area contributed by atoms with Crippen LogP contribution in [0.1, 0.15) is 15.9 Å². The molecule has 0 spiro atoms. The quantitative estimate of drug-likeness (QED) is 0.844. The molecule has 0 N–H and O–H groups in total. The molecule has 1 aliphatic rings. The van der Waals surface area contributed by atoms with Gasteiger partial charge >= 0.3 is 0 Å². The van der Waals surface area contributed by atoms with Gasteiger partial charge < -0.3 is 9.80 Å². The van der Waals surface area contributed by atoms with E-state index in [0.717, 1.165) is 0 Å². The first kappa shape index (κ1) is 17.4. The molecule has 0 unspecified atom stereocenters. The van der Waals surface area contributed by atoms with Crippen molar-refractivity contribution in [3.05, 3.63) is 70.5 Å². The van der Waals surface area contributed by atoms with Crippen LogP contribution in [0.15, 0.2) is 48.5 Å². The van der Waals surface area contributed by atoms with E-state index in [1.165, 1.54) is 12.1 Å². The molecular weight excluding hydrogens is 343 g/mol. The van der Waals surface area contributed by atoms with E-state index in [-0.39, 0.29) is 24.1 Å². The predicted molar refractivity (Wildman–Crippen MR) is 94.0 cm³/mol. The van der Waals surface area contributed by atoms with E-state index in [1.807, 2.05) is 0 Å². The number of benzene rings is 2. The fraction of sp³-hybridized carbons (Fsp3) is 0.263. The van der Waals surface area contributed by atoms with Gasteiger partial charge in [-0.3, -0.25) is 9.59 Å². The average molecular weight is 361 g/mol. The molecule has 1 heterocycles. The largest absolute Gasteiger partial charge is 0.339 e. The molecule has 1 fully saturated rings. The molecule has 2 aromatic rings. The second-order valence-electron chi connectivity index (χ2n) is 5.99. The number of amides is 2. The van der Waals surface area contributed by atoms with Gasteiger partial charge in [0.15, 0.2) is 0 Å². The molecule has 2 amide bonds. The van der Waals surface area contributed by atoms with E-state index in [1.54, 1.807) is 46.2 Å². The monoisotopic (exact) mass is 360 g/mol. The summed E-state index contributed by atoms with van der Waals surface area (Å²) in [4.78, 5) is 28.3. The zero-order chi connectivity index (χ0) is 17.8. The minimum Gasteiger partial charge on any atom is -0.339 e. The van der Waals surface area contributed by atoms with Crippen molar-refractivity contribution < 1.29 is 14.0 Å². The van der Waals surface area contributed by atoms with Gasteiger partial charge in [-0.05, 0) is 42.0 Å². The second-order valence-corrected chi connectivity index (χ2v) is 6.42. The number of hydrogen-bond acceptors (Lipinski definition) is 2. The molecule has 0 saturated carbocycles. The smallest absolute Gasteiger partial charge is 0.253 e. The lowest BCUT2D eigenvalue weighted by molar-refractivity contribution is -0.131. The van der Waals surface area contributed by atoms with Crippen molar-refractivity contribution in [2.75, 3.05) is 26.2 Å². The Bertz CT molecular complexity index is 771. The standard InChI is InChI=1S/C19H18ClFN2O2/c20-16-6-4-15(5-7-16)19(25)23-10-8-22(9-11-23)18(24)13-14-2-1-3-17(21)12-14/h1-7,12H,8-11,13H2. The Morgan fingerprint density at radius 1 is 0.960 bits per heavy atom. The van der Waals surface area contributed by atoms with Crippen LogP contribution in [0.5, 0.6) is 0 Å².